The molecule has 31 heavy (non-hydrogen) atoms. The summed E-state index contributed by atoms with van der Waals surface area (Å²) < 4.78 is 26.1. The number of carbonyl (C=O) groups is 1. The maximum atomic E-state index is 14.1. The van der Waals surface area contributed by atoms with Crippen LogP contribution < -0.4 is 19.6 Å². The highest BCUT2D eigenvalue weighted by Gasteiger charge is 2.33. The van der Waals surface area contributed by atoms with Crippen LogP contribution in [0.25, 0.3) is 6.08 Å². The van der Waals surface area contributed by atoms with Crippen molar-refractivity contribution in [3.05, 3.63) is 96.4 Å². The summed E-state index contributed by atoms with van der Waals surface area (Å²) in [5.74, 6) is -0.340. The molecule has 0 fully saturated rings. The molecule has 2 aromatic carbocycles. The van der Waals surface area contributed by atoms with Crippen LogP contribution in [0, 0.1) is 5.82 Å². The number of carbonyl (C=O) groups excluding carboxylic acids is 1. The predicted octanol–water partition coefficient (Wildman–Crippen LogP) is 2.56. The number of ether oxygens (including phenoxy) is 2. The molecule has 0 spiro atoms. The Morgan fingerprint density at radius 2 is 1.87 bits per heavy atom. The molecule has 8 heteroatoms. The van der Waals surface area contributed by atoms with Gasteiger partial charge in [0, 0.05) is 5.56 Å². The number of halogens is 1. The number of hydrogen-bond acceptors (Lipinski definition) is 6. The molecule has 0 amide bonds. The lowest BCUT2D eigenvalue weighted by molar-refractivity contribution is -0.136. The van der Waals surface area contributed by atoms with Gasteiger partial charge in [-0.05, 0) is 36.8 Å². The number of allylic oxidation sites excluding steroid dienone is 1. The van der Waals surface area contributed by atoms with Crippen LogP contribution in [0.4, 0.5) is 4.39 Å². The quantitative estimate of drug-likeness (QED) is 0.587. The van der Waals surface area contributed by atoms with Gasteiger partial charge >= 0.3 is 5.97 Å². The average molecular weight is 438 g/mol. The Morgan fingerprint density at radius 3 is 2.52 bits per heavy atom. The number of esters is 1. The molecule has 6 nitrogen and oxygen atoms in total. The molecule has 4 rings (SSSR count). The van der Waals surface area contributed by atoms with Crippen molar-refractivity contribution in [3.8, 4) is 5.75 Å². The summed E-state index contributed by atoms with van der Waals surface area (Å²) in [6, 6.07) is 12.6. The Labute approximate surface area is 181 Å². The first-order valence-electron chi connectivity index (χ1n) is 9.44. The van der Waals surface area contributed by atoms with E-state index in [0.717, 1.165) is 11.3 Å². The normalized spacial score (nSPS) is 16.0. The topological polar surface area (TPSA) is 69.9 Å². The van der Waals surface area contributed by atoms with Gasteiger partial charge in [0.25, 0.3) is 5.56 Å². The fourth-order valence-electron chi connectivity index (χ4n) is 3.53. The minimum atomic E-state index is -0.725. The number of hydrogen-bond donors (Lipinski definition) is 0. The molecule has 0 saturated carbocycles. The molecule has 2 heterocycles. The zero-order valence-corrected chi connectivity index (χ0v) is 17.9. The molecule has 0 aliphatic carbocycles. The summed E-state index contributed by atoms with van der Waals surface area (Å²) in [4.78, 5) is 30.9. The number of nitrogens with zero attached hydrogens (tertiary/aromatic N) is 2. The van der Waals surface area contributed by atoms with Gasteiger partial charge in [0.1, 0.15) is 11.6 Å². The van der Waals surface area contributed by atoms with Gasteiger partial charge in [-0.2, -0.15) is 0 Å². The van der Waals surface area contributed by atoms with Gasteiger partial charge in [0.15, 0.2) is 4.80 Å². The third-order valence-corrected chi connectivity index (χ3v) is 6.03. The molecule has 3 aromatic rings. The van der Waals surface area contributed by atoms with Gasteiger partial charge in [-0.15, -0.1) is 0 Å². The second-order valence-corrected chi connectivity index (χ2v) is 7.88. The molecule has 158 valence electrons. The van der Waals surface area contributed by atoms with E-state index >= 15 is 0 Å². The maximum Gasteiger partial charge on any atom is 0.338 e. The predicted molar refractivity (Wildman–Crippen MR) is 115 cm³/mol. The second kappa shape index (κ2) is 8.31. The largest absolute Gasteiger partial charge is 0.497 e. The van der Waals surface area contributed by atoms with Crippen LogP contribution >= 0.6 is 11.3 Å². The van der Waals surface area contributed by atoms with Crippen LogP contribution in [0.3, 0.4) is 0 Å². The number of rotatable bonds is 4. The van der Waals surface area contributed by atoms with Crippen molar-refractivity contribution in [2.75, 3.05) is 14.2 Å². The van der Waals surface area contributed by atoms with E-state index in [4.69, 9.17) is 9.47 Å². The highest BCUT2D eigenvalue weighted by atomic mass is 32.1. The third kappa shape index (κ3) is 3.70. The standard InChI is InChI=1S/C23H19FN2O4S/c1-13-19(22(28)30-3)20(14-8-10-16(29-2)11-9-14)26-21(27)18(31-23(26)25-13)12-15-6-4-5-7-17(15)24/h4-12,20H,1-3H3/b18-12-/t20-/m1/s1. The molecule has 1 aliphatic rings. The second-order valence-electron chi connectivity index (χ2n) is 6.87. The van der Waals surface area contributed by atoms with Gasteiger partial charge in [0.05, 0.1) is 36.1 Å². The van der Waals surface area contributed by atoms with E-state index in [1.54, 1.807) is 56.5 Å². The van der Waals surface area contributed by atoms with Crippen molar-refractivity contribution >= 4 is 23.4 Å². The first-order valence-corrected chi connectivity index (χ1v) is 10.3. The molecule has 0 bridgehead atoms. The number of aromatic nitrogens is 1. The third-order valence-electron chi connectivity index (χ3n) is 5.05. The molecule has 0 N–H and O–H groups in total. The first-order chi connectivity index (χ1) is 14.9. The van der Waals surface area contributed by atoms with Crippen LogP contribution in [-0.2, 0) is 9.53 Å². The minimum Gasteiger partial charge on any atom is -0.497 e. The van der Waals surface area contributed by atoms with Crippen LogP contribution in [0.15, 0.2) is 69.6 Å². The molecule has 0 saturated heterocycles. The van der Waals surface area contributed by atoms with Crippen molar-refractivity contribution in [2.24, 2.45) is 4.99 Å². The highest BCUT2D eigenvalue weighted by molar-refractivity contribution is 7.07. The summed E-state index contributed by atoms with van der Waals surface area (Å²) in [6.45, 7) is 1.71. The fourth-order valence-corrected chi connectivity index (χ4v) is 4.57. The summed E-state index contributed by atoms with van der Waals surface area (Å²) in [5, 5.41) is 0. The van der Waals surface area contributed by atoms with E-state index in [0.29, 0.717) is 31.9 Å². The monoisotopic (exact) mass is 438 g/mol. The molecule has 1 atom stereocenters. The van der Waals surface area contributed by atoms with Crippen LogP contribution in [0.5, 0.6) is 5.75 Å². The van der Waals surface area contributed by atoms with Gasteiger partial charge in [0.2, 0.25) is 0 Å². The number of thiazole rings is 1. The van der Waals surface area contributed by atoms with E-state index in [-0.39, 0.29) is 11.1 Å². The Hall–Kier alpha value is -3.52. The Bertz CT molecular complexity index is 1370. The SMILES string of the molecule is COC(=O)C1=C(C)N=c2s/c(=C\c3ccccc3F)c(=O)n2[C@@H]1c1ccc(OC)cc1. The summed E-state index contributed by atoms with van der Waals surface area (Å²) in [5.41, 5.74) is 1.39. The number of methoxy groups -OCH3 is 2. The van der Waals surface area contributed by atoms with Crippen molar-refractivity contribution < 1.29 is 18.7 Å². The van der Waals surface area contributed by atoms with Crippen molar-refractivity contribution in [2.45, 2.75) is 13.0 Å². The molecule has 1 aromatic heterocycles. The summed E-state index contributed by atoms with van der Waals surface area (Å²) in [7, 11) is 2.85. The van der Waals surface area contributed by atoms with Gasteiger partial charge in [-0.25, -0.2) is 14.2 Å². The zero-order valence-electron chi connectivity index (χ0n) is 17.1. The lowest BCUT2D eigenvalue weighted by Gasteiger charge is -2.24. The molecule has 1 aliphatic heterocycles. The Morgan fingerprint density at radius 1 is 1.16 bits per heavy atom. The summed E-state index contributed by atoms with van der Waals surface area (Å²) >= 11 is 1.15. The van der Waals surface area contributed by atoms with Crippen LogP contribution in [0.2, 0.25) is 0 Å². The Kier molecular flexibility index (Phi) is 5.56. The van der Waals surface area contributed by atoms with Crippen LogP contribution in [-0.4, -0.2) is 24.8 Å². The van der Waals surface area contributed by atoms with Gasteiger partial charge in [-0.1, -0.05) is 41.7 Å². The average Bonchev–Trinajstić information content (AvgIpc) is 3.08. The molecule has 0 radical (unpaired) electrons. The zero-order chi connectivity index (χ0) is 22.1. The van der Waals surface area contributed by atoms with E-state index in [9.17, 15) is 14.0 Å². The van der Waals surface area contributed by atoms with Crippen molar-refractivity contribution in [3.63, 3.8) is 0 Å². The van der Waals surface area contributed by atoms with E-state index < -0.39 is 17.8 Å². The number of fused-ring (bicyclic) bond motifs is 1. The highest BCUT2D eigenvalue weighted by Crippen LogP contribution is 2.31. The van der Waals surface area contributed by atoms with Crippen LogP contribution in [0.1, 0.15) is 24.1 Å². The fraction of sp³-hybridized carbons (Fsp3) is 0.174. The van der Waals surface area contributed by atoms with E-state index in [1.165, 1.54) is 23.8 Å². The van der Waals surface area contributed by atoms with E-state index in [1.807, 2.05) is 0 Å². The minimum absolute atomic E-state index is 0.275. The molecular formula is C23H19FN2O4S. The lowest BCUT2D eigenvalue weighted by Crippen LogP contribution is -2.39. The smallest absolute Gasteiger partial charge is 0.338 e. The maximum absolute atomic E-state index is 14.1. The van der Waals surface area contributed by atoms with E-state index in [2.05, 4.69) is 4.99 Å². The molecular weight excluding hydrogens is 419 g/mol. The summed E-state index contributed by atoms with van der Waals surface area (Å²) in [6.07, 6.45) is 1.50. The Balaban J connectivity index is 1.97. The van der Waals surface area contributed by atoms with Gasteiger partial charge < -0.3 is 9.47 Å². The number of benzene rings is 2. The van der Waals surface area contributed by atoms with Crippen molar-refractivity contribution in [1.29, 1.82) is 0 Å². The van der Waals surface area contributed by atoms with Crippen molar-refractivity contribution in [1.82, 2.24) is 4.57 Å². The lowest BCUT2D eigenvalue weighted by atomic mass is 9.96. The first kappa shape index (κ1) is 20.7. The molecule has 0 unspecified atom stereocenters. The van der Waals surface area contributed by atoms with Gasteiger partial charge in [-0.3, -0.25) is 9.36 Å².